The SMILES string of the molecule is Clc1cc2c(c(CN3CC[C@H]4CCCC[C@@H]4C3)c1)OCOC2. The van der Waals surface area contributed by atoms with Crippen molar-refractivity contribution in [3.63, 3.8) is 0 Å². The molecule has 0 spiro atoms. The van der Waals surface area contributed by atoms with Crippen LogP contribution in [-0.4, -0.2) is 24.8 Å². The molecule has 1 saturated heterocycles. The molecule has 2 fully saturated rings. The summed E-state index contributed by atoms with van der Waals surface area (Å²) < 4.78 is 11.1. The quantitative estimate of drug-likeness (QED) is 0.814. The first-order valence-corrected chi connectivity index (χ1v) is 8.91. The molecule has 22 heavy (non-hydrogen) atoms. The zero-order valence-electron chi connectivity index (χ0n) is 13.0. The molecule has 4 heteroatoms. The second kappa shape index (κ2) is 6.38. The van der Waals surface area contributed by atoms with Gasteiger partial charge in [-0.05, 0) is 43.4 Å². The van der Waals surface area contributed by atoms with E-state index < -0.39 is 0 Å². The van der Waals surface area contributed by atoms with Gasteiger partial charge in [-0.1, -0.05) is 30.9 Å². The Morgan fingerprint density at radius 1 is 1.14 bits per heavy atom. The predicted octanol–water partition coefficient (Wildman–Crippen LogP) is 4.22. The van der Waals surface area contributed by atoms with Crippen LogP contribution in [0.2, 0.25) is 5.02 Å². The van der Waals surface area contributed by atoms with E-state index in [4.69, 9.17) is 21.1 Å². The van der Waals surface area contributed by atoms with Crippen molar-refractivity contribution in [1.82, 2.24) is 4.90 Å². The summed E-state index contributed by atoms with van der Waals surface area (Å²) in [6, 6.07) is 4.03. The van der Waals surface area contributed by atoms with E-state index in [1.165, 1.54) is 50.8 Å². The first-order valence-electron chi connectivity index (χ1n) is 8.54. The van der Waals surface area contributed by atoms with Gasteiger partial charge in [0.25, 0.3) is 0 Å². The Morgan fingerprint density at radius 2 is 2.00 bits per heavy atom. The molecular weight excluding hydrogens is 298 g/mol. The highest BCUT2D eigenvalue weighted by Gasteiger charge is 2.31. The van der Waals surface area contributed by atoms with E-state index in [-0.39, 0.29) is 0 Å². The lowest BCUT2D eigenvalue weighted by Gasteiger charge is -2.41. The van der Waals surface area contributed by atoms with Crippen LogP contribution in [0.1, 0.15) is 43.2 Å². The zero-order valence-corrected chi connectivity index (χ0v) is 13.8. The van der Waals surface area contributed by atoms with E-state index in [2.05, 4.69) is 11.0 Å². The summed E-state index contributed by atoms with van der Waals surface area (Å²) in [5.74, 6) is 2.88. The summed E-state index contributed by atoms with van der Waals surface area (Å²) in [4.78, 5) is 2.59. The molecule has 1 aromatic carbocycles. The van der Waals surface area contributed by atoms with Crippen LogP contribution in [0.4, 0.5) is 0 Å². The van der Waals surface area contributed by atoms with Gasteiger partial charge in [0.2, 0.25) is 0 Å². The highest BCUT2D eigenvalue weighted by molar-refractivity contribution is 6.30. The Labute approximate surface area is 137 Å². The number of fused-ring (bicyclic) bond motifs is 2. The summed E-state index contributed by atoms with van der Waals surface area (Å²) in [6.45, 7) is 4.35. The lowest BCUT2D eigenvalue weighted by atomic mass is 9.75. The summed E-state index contributed by atoms with van der Waals surface area (Å²) in [6.07, 6.45) is 7.08. The average molecular weight is 322 g/mol. The minimum atomic E-state index is 0.354. The minimum absolute atomic E-state index is 0.354. The van der Waals surface area contributed by atoms with Gasteiger partial charge in [0.15, 0.2) is 6.79 Å². The third-order valence-electron chi connectivity index (χ3n) is 5.52. The Balaban J connectivity index is 1.50. The number of halogens is 1. The van der Waals surface area contributed by atoms with E-state index in [0.29, 0.717) is 13.4 Å². The van der Waals surface area contributed by atoms with E-state index in [1.807, 2.05) is 6.07 Å². The molecule has 2 atom stereocenters. The monoisotopic (exact) mass is 321 g/mol. The molecule has 2 aliphatic heterocycles. The molecule has 1 saturated carbocycles. The summed E-state index contributed by atoms with van der Waals surface area (Å²) in [5, 5.41) is 0.787. The molecule has 4 rings (SSSR count). The number of nitrogens with zero attached hydrogens (tertiary/aromatic N) is 1. The standard InChI is InChI=1S/C18H24ClNO2/c19-17-7-15(18-16(8-17)11-21-12-22-18)10-20-6-5-13-3-1-2-4-14(13)9-20/h7-8,13-14H,1-6,9-12H2/t13-,14-/m1/s1. The van der Waals surface area contributed by atoms with Crippen molar-refractivity contribution in [3.05, 3.63) is 28.3 Å². The third kappa shape index (κ3) is 2.99. The molecular formula is C18H24ClNO2. The van der Waals surface area contributed by atoms with Crippen LogP contribution in [0.3, 0.4) is 0 Å². The van der Waals surface area contributed by atoms with Gasteiger partial charge in [0.05, 0.1) is 6.61 Å². The Bertz CT molecular complexity index is 548. The van der Waals surface area contributed by atoms with Gasteiger partial charge in [-0.15, -0.1) is 0 Å². The topological polar surface area (TPSA) is 21.7 Å². The van der Waals surface area contributed by atoms with Crippen LogP contribution in [0.5, 0.6) is 5.75 Å². The Kier molecular flexibility index (Phi) is 4.29. The summed E-state index contributed by atoms with van der Waals surface area (Å²) >= 11 is 6.28. The summed E-state index contributed by atoms with van der Waals surface area (Å²) in [5.41, 5.74) is 2.31. The van der Waals surface area contributed by atoms with Gasteiger partial charge in [0.1, 0.15) is 5.75 Å². The first kappa shape index (κ1) is 14.8. The molecule has 1 aromatic rings. The van der Waals surface area contributed by atoms with Gasteiger partial charge in [-0.2, -0.15) is 0 Å². The van der Waals surface area contributed by atoms with Crippen LogP contribution in [0.25, 0.3) is 0 Å². The number of ether oxygens (including phenoxy) is 2. The van der Waals surface area contributed by atoms with Gasteiger partial charge in [-0.3, -0.25) is 4.90 Å². The van der Waals surface area contributed by atoms with Gasteiger partial charge in [0, 0.05) is 29.2 Å². The Morgan fingerprint density at radius 3 is 2.91 bits per heavy atom. The minimum Gasteiger partial charge on any atom is -0.467 e. The van der Waals surface area contributed by atoms with Crippen LogP contribution in [-0.2, 0) is 17.9 Å². The van der Waals surface area contributed by atoms with Crippen molar-refractivity contribution in [2.24, 2.45) is 11.8 Å². The van der Waals surface area contributed by atoms with Crippen molar-refractivity contribution >= 4 is 11.6 Å². The molecule has 1 aliphatic carbocycles. The molecule has 3 aliphatic rings. The molecule has 0 aromatic heterocycles. The molecule has 0 amide bonds. The number of likely N-dealkylation sites (tertiary alicyclic amines) is 1. The fourth-order valence-corrected chi connectivity index (χ4v) is 4.70. The molecule has 2 heterocycles. The Hall–Kier alpha value is -0.770. The van der Waals surface area contributed by atoms with Gasteiger partial charge < -0.3 is 9.47 Å². The van der Waals surface area contributed by atoms with Gasteiger partial charge in [-0.25, -0.2) is 0 Å². The fourth-order valence-electron chi connectivity index (χ4n) is 4.43. The maximum absolute atomic E-state index is 6.28. The number of hydrogen-bond donors (Lipinski definition) is 0. The molecule has 3 nitrogen and oxygen atoms in total. The van der Waals surface area contributed by atoms with Crippen molar-refractivity contribution in [2.75, 3.05) is 19.9 Å². The fraction of sp³-hybridized carbons (Fsp3) is 0.667. The average Bonchev–Trinajstić information content (AvgIpc) is 2.54. The summed E-state index contributed by atoms with van der Waals surface area (Å²) in [7, 11) is 0. The van der Waals surface area contributed by atoms with Crippen molar-refractivity contribution in [3.8, 4) is 5.75 Å². The molecule has 0 N–H and O–H groups in total. The predicted molar refractivity (Wildman–Crippen MR) is 87.1 cm³/mol. The highest BCUT2D eigenvalue weighted by atomic mass is 35.5. The van der Waals surface area contributed by atoms with Crippen molar-refractivity contribution < 1.29 is 9.47 Å². The van der Waals surface area contributed by atoms with Crippen molar-refractivity contribution in [2.45, 2.75) is 45.3 Å². The number of piperidine rings is 1. The number of benzene rings is 1. The van der Waals surface area contributed by atoms with E-state index in [0.717, 1.165) is 34.7 Å². The number of rotatable bonds is 2. The molecule has 0 bridgehead atoms. The second-order valence-corrected chi connectivity index (χ2v) is 7.43. The third-order valence-corrected chi connectivity index (χ3v) is 5.74. The van der Waals surface area contributed by atoms with Crippen molar-refractivity contribution in [1.29, 1.82) is 0 Å². The maximum Gasteiger partial charge on any atom is 0.189 e. The van der Waals surface area contributed by atoms with E-state index >= 15 is 0 Å². The van der Waals surface area contributed by atoms with Crippen LogP contribution >= 0.6 is 11.6 Å². The van der Waals surface area contributed by atoms with Gasteiger partial charge >= 0.3 is 0 Å². The van der Waals surface area contributed by atoms with Crippen LogP contribution in [0.15, 0.2) is 12.1 Å². The second-order valence-electron chi connectivity index (χ2n) is 6.99. The normalized spacial score (nSPS) is 28.6. The highest BCUT2D eigenvalue weighted by Crippen LogP contribution is 2.38. The van der Waals surface area contributed by atoms with E-state index in [1.54, 1.807) is 0 Å². The van der Waals surface area contributed by atoms with E-state index in [9.17, 15) is 0 Å². The largest absolute Gasteiger partial charge is 0.467 e. The molecule has 0 unspecified atom stereocenters. The zero-order chi connectivity index (χ0) is 14.9. The van der Waals surface area contributed by atoms with Crippen LogP contribution < -0.4 is 4.74 Å². The van der Waals surface area contributed by atoms with Crippen LogP contribution in [0, 0.1) is 11.8 Å². The number of hydrogen-bond acceptors (Lipinski definition) is 3. The smallest absolute Gasteiger partial charge is 0.189 e. The lowest BCUT2D eigenvalue weighted by molar-refractivity contribution is -0.0178. The lowest BCUT2D eigenvalue weighted by Crippen LogP contribution is -2.41. The molecule has 120 valence electrons. The first-order chi connectivity index (χ1) is 10.8. The maximum atomic E-state index is 6.28. The molecule has 0 radical (unpaired) electrons.